The SMILES string of the molecule is CC1(C)C(=O)Nc2c(Br)cc3c(c21)OC(CN=[N+]=[N-])C3. The normalized spacial score (nSPS) is 21.6. The number of benzene rings is 1. The molecule has 0 aliphatic carbocycles. The number of hydrogen-bond acceptors (Lipinski definition) is 3. The van der Waals surface area contributed by atoms with Crippen molar-refractivity contribution in [2.24, 2.45) is 5.11 Å². The Morgan fingerprint density at radius 3 is 3.10 bits per heavy atom. The lowest BCUT2D eigenvalue weighted by Gasteiger charge is -2.19. The van der Waals surface area contributed by atoms with Crippen LogP contribution in [0.2, 0.25) is 0 Å². The van der Waals surface area contributed by atoms with E-state index in [1.165, 1.54) is 0 Å². The van der Waals surface area contributed by atoms with Crippen LogP contribution in [0.4, 0.5) is 5.69 Å². The summed E-state index contributed by atoms with van der Waals surface area (Å²) in [5.41, 5.74) is 10.5. The number of nitrogens with one attached hydrogen (secondary N) is 1. The Morgan fingerprint density at radius 1 is 1.65 bits per heavy atom. The summed E-state index contributed by atoms with van der Waals surface area (Å²) in [4.78, 5) is 14.9. The van der Waals surface area contributed by atoms with Crippen LogP contribution in [0.25, 0.3) is 10.4 Å². The van der Waals surface area contributed by atoms with Crippen LogP contribution in [0.1, 0.15) is 25.0 Å². The third-order valence-corrected chi connectivity index (χ3v) is 4.45. The van der Waals surface area contributed by atoms with Gasteiger partial charge in [0.1, 0.15) is 11.9 Å². The summed E-state index contributed by atoms with van der Waals surface area (Å²) < 4.78 is 6.77. The Labute approximate surface area is 124 Å². The lowest BCUT2D eigenvalue weighted by atomic mass is 9.84. The summed E-state index contributed by atoms with van der Waals surface area (Å²) in [6.45, 7) is 4.05. The number of carbonyl (C=O) groups excluding carboxylic acids is 1. The second kappa shape index (κ2) is 4.40. The van der Waals surface area contributed by atoms with Crippen LogP contribution in [0.5, 0.6) is 5.75 Å². The van der Waals surface area contributed by atoms with E-state index >= 15 is 0 Å². The number of carbonyl (C=O) groups is 1. The Kier molecular flexibility index (Phi) is 2.92. The number of nitrogens with zero attached hydrogens (tertiary/aromatic N) is 3. The maximum absolute atomic E-state index is 12.1. The number of fused-ring (bicyclic) bond motifs is 3. The first kappa shape index (κ1) is 13.3. The van der Waals surface area contributed by atoms with E-state index in [1.54, 1.807) is 0 Å². The van der Waals surface area contributed by atoms with E-state index in [9.17, 15) is 4.79 Å². The number of halogens is 1. The van der Waals surface area contributed by atoms with E-state index in [0.717, 1.165) is 27.0 Å². The zero-order chi connectivity index (χ0) is 14.5. The lowest BCUT2D eigenvalue weighted by molar-refractivity contribution is -0.119. The molecule has 0 bridgehead atoms. The van der Waals surface area contributed by atoms with Crippen molar-refractivity contribution in [2.75, 3.05) is 11.9 Å². The minimum atomic E-state index is -0.628. The van der Waals surface area contributed by atoms with E-state index in [2.05, 4.69) is 31.3 Å². The molecule has 1 amide bonds. The maximum Gasteiger partial charge on any atom is 0.234 e. The van der Waals surface area contributed by atoms with Crippen molar-refractivity contribution in [2.45, 2.75) is 31.8 Å². The predicted octanol–water partition coefficient (Wildman–Crippen LogP) is 3.29. The van der Waals surface area contributed by atoms with E-state index in [1.807, 2.05) is 19.9 Å². The largest absolute Gasteiger partial charge is 0.489 e. The van der Waals surface area contributed by atoms with Gasteiger partial charge in [0.2, 0.25) is 5.91 Å². The number of ether oxygens (including phenoxy) is 1. The minimum absolute atomic E-state index is 0.0382. The highest BCUT2D eigenvalue weighted by atomic mass is 79.9. The molecule has 20 heavy (non-hydrogen) atoms. The second-order valence-electron chi connectivity index (χ2n) is 5.53. The van der Waals surface area contributed by atoms with Crippen molar-refractivity contribution in [3.05, 3.63) is 32.1 Å². The maximum atomic E-state index is 12.1. The Bertz CT molecular complexity index is 665. The number of rotatable bonds is 2. The highest BCUT2D eigenvalue weighted by Gasteiger charge is 2.44. The van der Waals surface area contributed by atoms with Gasteiger partial charge in [0, 0.05) is 21.4 Å². The predicted molar refractivity (Wildman–Crippen MR) is 77.9 cm³/mol. The number of anilines is 1. The summed E-state index contributed by atoms with van der Waals surface area (Å²) in [5, 5.41) is 6.46. The molecule has 1 aromatic rings. The number of amides is 1. The van der Waals surface area contributed by atoms with Crippen LogP contribution in [-0.2, 0) is 16.6 Å². The average molecular weight is 337 g/mol. The van der Waals surface area contributed by atoms with Crippen molar-refractivity contribution >= 4 is 27.5 Å². The van der Waals surface area contributed by atoms with Gasteiger partial charge < -0.3 is 10.1 Å². The van der Waals surface area contributed by atoms with Gasteiger partial charge in [-0.05, 0) is 46.9 Å². The summed E-state index contributed by atoms with van der Waals surface area (Å²) in [6, 6.07) is 1.96. The molecule has 1 atom stereocenters. The van der Waals surface area contributed by atoms with Gasteiger partial charge in [0.15, 0.2) is 0 Å². The van der Waals surface area contributed by atoms with Gasteiger partial charge in [-0.2, -0.15) is 0 Å². The molecule has 2 aliphatic rings. The summed E-state index contributed by atoms with van der Waals surface area (Å²) in [5.74, 6) is 0.716. The summed E-state index contributed by atoms with van der Waals surface area (Å²) >= 11 is 3.50. The first-order chi connectivity index (χ1) is 9.45. The monoisotopic (exact) mass is 336 g/mol. The van der Waals surface area contributed by atoms with Crippen molar-refractivity contribution in [1.29, 1.82) is 0 Å². The molecule has 0 fully saturated rings. The molecule has 3 rings (SSSR count). The fourth-order valence-corrected chi connectivity index (χ4v) is 3.33. The highest BCUT2D eigenvalue weighted by molar-refractivity contribution is 9.10. The number of hydrogen-bond donors (Lipinski definition) is 1. The second-order valence-corrected chi connectivity index (χ2v) is 6.39. The molecule has 6 nitrogen and oxygen atoms in total. The molecule has 1 unspecified atom stereocenters. The van der Waals surface area contributed by atoms with Crippen LogP contribution < -0.4 is 10.1 Å². The quantitative estimate of drug-likeness (QED) is 0.510. The van der Waals surface area contributed by atoms with Crippen LogP contribution in [-0.4, -0.2) is 18.6 Å². The number of azide groups is 1. The molecular weight excluding hydrogens is 324 g/mol. The molecule has 0 saturated carbocycles. The third kappa shape index (κ3) is 1.77. The van der Waals surface area contributed by atoms with Gasteiger partial charge in [-0.15, -0.1) is 0 Å². The van der Waals surface area contributed by atoms with Crippen molar-refractivity contribution in [3.8, 4) is 5.75 Å². The summed E-state index contributed by atoms with van der Waals surface area (Å²) in [7, 11) is 0. The molecule has 2 heterocycles. The molecule has 0 aromatic heterocycles. The molecule has 104 valence electrons. The molecule has 0 spiro atoms. The highest BCUT2D eigenvalue weighted by Crippen LogP contribution is 2.50. The van der Waals surface area contributed by atoms with Gasteiger partial charge in [0.05, 0.1) is 17.6 Å². The van der Waals surface area contributed by atoms with Gasteiger partial charge >= 0.3 is 0 Å². The zero-order valence-corrected chi connectivity index (χ0v) is 12.7. The molecular formula is C13H13BrN4O2. The van der Waals surface area contributed by atoms with Gasteiger partial charge in [-0.1, -0.05) is 5.11 Å². The standard InChI is InChI=1S/C13H13BrN4O2/c1-13(2)9-10(17-12(13)19)8(14)4-6-3-7(5-16-18-15)20-11(6)9/h4,7H,3,5H2,1-2H3,(H,17,19). The van der Waals surface area contributed by atoms with Crippen molar-refractivity contribution in [1.82, 2.24) is 0 Å². The molecule has 0 radical (unpaired) electrons. The first-order valence-corrected chi connectivity index (χ1v) is 7.09. The average Bonchev–Trinajstić information content (AvgIpc) is 2.87. The van der Waals surface area contributed by atoms with Crippen LogP contribution in [0, 0.1) is 0 Å². The zero-order valence-electron chi connectivity index (χ0n) is 11.1. The van der Waals surface area contributed by atoms with E-state index in [0.29, 0.717) is 13.0 Å². The fourth-order valence-electron chi connectivity index (χ4n) is 2.76. The van der Waals surface area contributed by atoms with Crippen LogP contribution in [0.3, 0.4) is 0 Å². The molecule has 1 N–H and O–H groups in total. The Balaban J connectivity index is 2.09. The minimum Gasteiger partial charge on any atom is -0.489 e. The van der Waals surface area contributed by atoms with Gasteiger partial charge in [0.25, 0.3) is 0 Å². The smallest absolute Gasteiger partial charge is 0.234 e. The lowest BCUT2D eigenvalue weighted by Crippen LogP contribution is -2.27. The van der Waals surface area contributed by atoms with Gasteiger partial charge in [-0.25, -0.2) is 0 Å². The molecule has 7 heteroatoms. The van der Waals surface area contributed by atoms with Crippen LogP contribution in [0.15, 0.2) is 15.7 Å². The van der Waals surface area contributed by atoms with E-state index < -0.39 is 5.41 Å². The molecule has 1 aromatic carbocycles. The van der Waals surface area contributed by atoms with Gasteiger partial charge in [-0.3, -0.25) is 4.79 Å². The van der Waals surface area contributed by atoms with Crippen molar-refractivity contribution < 1.29 is 9.53 Å². The van der Waals surface area contributed by atoms with Crippen LogP contribution >= 0.6 is 15.9 Å². The topological polar surface area (TPSA) is 87.1 Å². The third-order valence-electron chi connectivity index (χ3n) is 3.82. The fraction of sp³-hybridized carbons (Fsp3) is 0.462. The Hall–Kier alpha value is -1.72. The van der Waals surface area contributed by atoms with Crippen molar-refractivity contribution in [3.63, 3.8) is 0 Å². The molecule has 0 saturated heterocycles. The summed E-state index contributed by atoms with van der Waals surface area (Å²) in [6.07, 6.45) is 0.524. The van der Waals surface area contributed by atoms with E-state index in [4.69, 9.17) is 10.3 Å². The first-order valence-electron chi connectivity index (χ1n) is 6.30. The molecule has 2 aliphatic heterocycles. The van der Waals surface area contributed by atoms with E-state index in [-0.39, 0.29) is 12.0 Å². The Morgan fingerprint density at radius 2 is 2.40 bits per heavy atom.